The fourth-order valence-corrected chi connectivity index (χ4v) is 3.97. The number of nitrogens with one attached hydrogen (secondary N) is 1. The highest BCUT2D eigenvalue weighted by Gasteiger charge is 2.46. The van der Waals surface area contributed by atoms with Crippen LogP contribution in [0.25, 0.3) is 0 Å². The van der Waals surface area contributed by atoms with Crippen molar-refractivity contribution in [2.24, 2.45) is 11.3 Å². The molecule has 2 amide bonds. The number of aromatic nitrogens is 1. The smallest absolute Gasteiger partial charge is 0.252 e. The molecule has 2 heterocycles. The van der Waals surface area contributed by atoms with E-state index >= 15 is 0 Å². The summed E-state index contributed by atoms with van der Waals surface area (Å²) in [6.07, 6.45) is 11.4. The largest absolute Gasteiger partial charge is 0.351 e. The summed E-state index contributed by atoms with van der Waals surface area (Å²) in [4.78, 5) is 30.8. The molecule has 5 nitrogen and oxygen atoms in total. The van der Waals surface area contributed by atoms with Gasteiger partial charge in [0.05, 0.1) is 5.56 Å². The van der Waals surface area contributed by atoms with Crippen molar-refractivity contribution >= 4 is 11.8 Å². The van der Waals surface area contributed by atoms with E-state index in [0.29, 0.717) is 24.4 Å². The Balaban J connectivity index is 1.48. The maximum atomic E-state index is 12.4. The molecule has 0 aromatic carbocycles. The minimum atomic E-state index is -0.0885. The van der Waals surface area contributed by atoms with E-state index in [4.69, 9.17) is 0 Å². The molecule has 1 saturated carbocycles. The molecule has 1 N–H and O–H groups in total. The summed E-state index contributed by atoms with van der Waals surface area (Å²) < 4.78 is 0. The summed E-state index contributed by atoms with van der Waals surface area (Å²) in [5.41, 5.74) is 1.68. The molecule has 0 bridgehead atoms. The predicted octanol–water partition coefficient (Wildman–Crippen LogP) is 2.51. The number of amides is 2. The van der Waals surface area contributed by atoms with Gasteiger partial charge in [0, 0.05) is 43.0 Å². The minimum Gasteiger partial charge on any atom is -0.351 e. The number of pyridine rings is 1. The van der Waals surface area contributed by atoms with Gasteiger partial charge in [-0.15, -0.1) is 0 Å². The quantitative estimate of drug-likeness (QED) is 0.905. The van der Waals surface area contributed by atoms with Crippen molar-refractivity contribution in [3.05, 3.63) is 41.9 Å². The molecule has 1 aromatic heterocycles. The Morgan fingerprint density at radius 3 is 3.00 bits per heavy atom. The molecule has 4 rings (SSSR count). The van der Waals surface area contributed by atoms with Gasteiger partial charge >= 0.3 is 0 Å². The zero-order valence-corrected chi connectivity index (χ0v) is 13.8. The molecular weight excluding hydrogens is 302 g/mol. The molecule has 0 radical (unpaired) electrons. The van der Waals surface area contributed by atoms with E-state index in [-0.39, 0.29) is 17.2 Å². The molecule has 1 aromatic rings. The van der Waals surface area contributed by atoms with E-state index < -0.39 is 0 Å². The van der Waals surface area contributed by atoms with Gasteiger partial charge in [-0.2, -0.15) is 0 Å². The van der Waals surface area contributed by atoms with Crippen molar-refractivity contribution in [1.29, 1.82) is 0 Å². The number of piperidine rings is 1. The molecule has 1 unspecified atom stereocenters. The normalized spacial score (nSPS) is 26.1. The highest BCUT2D eigenvalue weighted by molar-refractivity contribution is 5.93. The van der Waals surface area contributed by atoms with Gasteiger partial charge in [0.25, 0.3) is 5.91 Å². The lowest BCUT2D eigenvalue weighted by molar-refractivity contribution is -0.133. The van der Waals surface area contributed by atoms with Crippen molar-refractivity contribution in [2.75, 3.05) is 13.1 Å². The first-order chi connectivity index (χ1) is 11.7. The maximum absolute atomic E-state index is 12.4. The first-order valence-electron chi connectivity index (χ1n) is 8.87. The van der Waals surface area contributed by atoms with Gasteiger partial charge in [0.15, 0.2) is 0 Å². The summed E-state index contributed by atoms with van der Waals surface area (Å²) in [6.45, 7) is 1.46. The zero-order valence-electron chi connectivity index (χ0n) is 13.8. The van der Waals surface area contributed by atoms with Crippen molar-refractivity contribution in [1.82, 2.24) is 15.2 Å². The number of rotatable bonds is 5. The van der Waals surface area contributed by atoms with E-state index in [1.165, 1.54) is 12.8 Å². The van der Waals surface area contributed by atoms with Gasteiger partial charge in [0.2, 0.25) is 5.91 Å². The lowest BCUT2D eigenvalue weighted by atomic mass is 9.76. The molecular formula is C19H23N3O2. The molecule has 1 saturated heterocycles. The third-order valence-corrected chi connectivity index (χ3v) is 5.56. The van der Waals surface area contributed by atoms with Crippen molar-refractivity contribution in [3.63, 3.8) is 0 Å². The van der Waals surface area contributed by atoms with Gasteiger partial charge in [-0.05, 0) is 50.2 Å². The van der Waals surface area contributed by atoms with Crippen LogP contribution < -0.4 is 5.32 Å². The number of fused-ring (bicyclic) bond motifs is 1. The molecule has 1 atom stereocenters. The van der Waals surface area contributed by atoms with Crippen LogP contribution >= 0.6 is 0 Å². The first-order valence-corrected chi connectivity index (χ1v) is 8.87. The van der Waals surface area contributed by atoms with Crippen molar-refractivity contribution in [2.45, 2.75) is 38.5 Å². The summed E-state index contributed by atoms with van der Waals surface area (Å²) in [7, 11) is 0. The first kappa shape index (κ1) is 15.4. The summed E-state index contributed by atoms with van der Waals surface area (Å²) in [6, 6.07) is 3.54. The molecule has 3 aliphatic rings. The third kappa shape index (κ3) is 2.83. The Morgan fingerprint density at radius 2 is 2.25 bits per heavy atom. The number of allylic oxidation sites excluding steroid dienone is 1. The van der Waals surface area contributed by atoms with E-state index in [2.05, 4.69) is 16.4 Å². The number of hydrogen-bond donors (Lipinski definition) is 1. The minimum absolute atomic E-state index is 0.0688. The van der Waals surface area contributed by atoms with Crippen LogP contribution in [0.4, 0.5) is 0 Å². The second-order valence-corrected chi connectivity index (χ2v) is 7.28. The summed E-state index contributed by atoms with van der Waals surface area (Å²) in [5.74, 6) is 0.842. The molecule has 2 aliphatic carbocycles. The second-order valence-electron chi connectivity index (χ2n) is 7.28. The van der Waals surface area contributed by atoms with Gasteiger partial charge in [-0.25, -0.2) is 0 Å². The molecule has 126 valence electrons. The van der Waals surface area contributed by atoms with Crippen molar-refractivity contribution in [3.8, 4) is 0 Å². The number of hydrogen-bond acceptors (Lipinski definition) is 3. The van der Waals surface area contributed by atoms with Crippen LogP contribution in [-0.4, -0.2) is 34.8 Å². The SMILES string of the molecule is O=C(NCC12CCC=C1N(CC1CC1)C(=O)CC2)c1cccnc1. The van der Waals surface area contributed by atoms with Gasteiger partial charge in [-0.1, -0.05) is 6.08 Å². The van der Waals surface area contributed by atoms with Crippen LogP contribution in [0.15, 0.2) is 36.3 Å². The summed E-state index contributed by atoms with van der Waals surface area (Å²) in [5, 5.41) is 3.08. The number of likely N-dealkylation sites (tertiary alicyclic amines) is 1. The van der Waals surface area contributed by atoms with E-state index in [0.717, 1.165) is 31.5 Å². The fourth-order valence-electron chi connectivity index (χ4n) is 3.97. The highest BCUT2D eigenvalue weighted by Crippen LogP contribution is 2.48. The van der Waals surface area contributed by atoms with Crippen LogP contribution in [0.3, 0.4) is 0 Å². The molecule has 1 aliphatic heterocycles. The van der Waals surface area contributed by atoms with E-state index in [1.54, 1.807) is 24.5 Å². The fraction of sp³-hybridized carbons (Fsp3) is 0.526. The lowest BCUT2D eigenvalue weighted by Crippen LogP contribution is -2.48. The molecule has 2 fully saturated rings. The Labute approximate surface area is 142 Å². The highest BCUT2D eigenvalue weighted by atomic mass is 16.2. The number of carbonyl (C=O) groups is 2. The predicted molar refractivity (Wildman–Crippen MR) is 90.0 cm³/mol. The van der Waals surface area contributed by atoms with Gasteiger partial charge in [0.1, 0.15) is 0 Å². The van der Waals surface area contributed by atoms with Crippen LogP contribution in [0.5, 0.6) is 0 Å². The topological polar surface area (TPSA) is 62.3 Å². The second kappa shape index (κ2) is 6.04. The van der Waals surface area contributed by atoms with Crippen LogP contribution in [-0.2, 0) is 4.79 Å². The molecule has 5 heteroatoms. The van der Waals surface area contributed by atoms with E-state index in [1.807, 2.05) is 4.90 Å². The van der Waals surface area contributed by atoms with Crippen LogP contribution in [0, 0.1) is 11.3 Å². The van der Waals surface area contributed by atoms with Crippen molar-refractivity contribution < 1.29 is 9.59 Å². The standard InChI is InChI=1S/C19H23N3O2/c23-17-7-9-19(13-21-18(24)15-3-2-10-20-11-15)8-1-4-16(19)22(17)12-14-5-6-14/h2-4,10-11,14H,1,5-9,12-13H2,(H,21,24). The maximum Gasteiger partial charge on any atom is 0.252 e. The Kier molecular flexibility index (Phi) is 3.87. The third-order valence-electron chi connectivity index (χ3n) is 5.56. The monoisotopic (exact) mass is 325 g/mol. The van der Waals surface area contributed by atoms with Crippen LogP contribution in [0.2, 0.25) is 0 Å². The average molecular weight is 325 g/mol. The molecule has 24 heavy (non-hydrogen) atoms. The molecule has 0 spiro atoms. The lowest BCUT2D eigenvalue weighted by Gasteiger charge is -2.42. The Morgan fingerprint density at radius 1 is 1.38 bits per heavy atom. The Bertz CT molecular complexity index is 681. The van der Waals surface area contributed by atoms with Crippen LogP contribution in [0.1, 0.15) is 48.9 Å². The summed E-state index contributed by atoms with van der Waals surface area (Å²) >= 11 is 0. The van der Waals surface area contributed by atoms with Gasteiger partial charge < -0.3 is 10.2 Å². The van der Waals surface area contributed by atoms with Gasteiger partial charge in [-0.3, -0.25) is 14.6 Å². The number of carbonyl (C=O) groups excluding carboxylic acids is 2. The van der Waals surface area contributed by atoms with E-state index in [9.17, 15) is 9.59 Å². The average Bonchev–Trinajstić information content (AvgIpc) is 3.33. The zero-order chi connectivity index (χ0) is 16.6. The number of nitrogens with zero attached hydrogens (tertiary/aromatic N) is 2. The Hall–Kier alpha value is -2.17.